The molecule has 0 saturated carbocycles. The molecular formula is C40H36F12OS3Sb2. The summed E-state index contributed by atoms with van der Waals surface area (Å²) in [5.74, 6) is 3.61. The minimum Gasteiger partial charge on any atom is -0.0901 e. The summed E-state index contributed by atoms with van der Waals surface area (Å²) in [6.07, 6.45) is 2.63. The zero-order valence-corrected chi connectivity index (χ0v) is 37.7. The third-order valence-electron chi connectivity index (χ3n) is 7.52. The van der Waals surface area contributed by atoms with Crippen molar-refractivity contribution >= 4 is 89.1 Å². The first kappa shape index (κ1) is 47.8. The van der Waals surface area contributed by atoms with Crippen molar-refractivity contribution in [1.82, 2.24) is 0 Å². The van der Waals surface area contributed by atoms with Gasteiger partial charge in [-0.3, -0.25) is 4.79 Å². The van der Waals surface area contributed by atoms with Gasteiger partial charge in [0.2, 0.25) is 5.78 Å². The molecule has 314 valence electrons. The number of carbonyl (C=O) groups is 1. The van der Waals surface area contributed by atoms with Gasteiger partial charge in [0.25, 0.3) is 0 Å². The molecule has 18 heteroatoms. The normalized spacial score (nSPS) is 15.5. The van der Waals surface area contributed by atoms with Crippen molar-refractivity contribution < 1.29 is 38.6 Å². The molecule has 1 aliphatic rings. The van der Waals surface area contributed by atoms with Crippen molar-refractivity contribution in [2.45, 2.75) is 37.3 Å². The molecular weight excluding hydrogens is 1060 g/mol. The Morgan fingerprint density at radius 2 is 0.862 bits per heavy atom. The summed E-state index contributed by atoms with van der Waals surface area (Å²) in [6, 6.07) is 55.4. The minimum atomic E-state index is -11.2. The molecule has 0 aliphatic carbocycles. The molecule has 1 fully saturated rings. The first-order valence-corrected chi connectivity index (χ1v) is 32.4. The molecule has 6 aromatic rings. The summed E-state index contributed by atoms with van der Waals surface area (Å²) < 4.78 is 119. The van der Waals surface area contributed by atoms with Crippen molar-refractivity contribution in [2.75, 3.05) is 17.3 Å². The predicted octanol–water partition coefficient (Wildman–Crippen LogP) is 14.6. The standard InChI is InChI=1S/C24H19S2.C16H17OS.12FH.2Sb/c1-4-10-20(11-5-1)25-21-16-18-24(19-17-21)26(22-12-6-2-7-13-22)23-14-8-3-9-15-23;17-16(12-18-9-3-4-10-18)15-8-7-13-5-1-2-6-14(13)11-15;;;;;;;;;;;;;;/h1-19H;1-2,5-8,11H,3-4,9-10,12H2;12*1H;;/q2*+1;;;;;;;;;;;;;2*+5/p-12. The maximum atomic E-state index is 12.3. The number of Topliss-reactive ketones (excluding diaryl/α,β-unsaturated/α-hetero) is 1. The van der Waals surface area contributed by atoms with E-state index in [-0.39, 0.29) is 10.9 Å². The second-order valence-corrected chi connectivity index (χ2v) is 29.0. The van der Waals surface area contributed by atoms with Crippen LogP contribution in [0.2, 0.25) is 0 Å². The largest absolute Gasteiger partial charge is 0.166 e. The van der Waals surface area contributed by atoms with E-state index in [0.717, 1.165) is 16.7 Å². The fourth-order valence-corrected chi connectivity index (χ4v) is 10.5. The maximum absolute atomic E-state index is 12.3. The quantitative estimate of drug-likeness (QED) is 0.0654. The van der Waals surface area contributed by atoms with Crippen LogP contribution in [0.15, 0.2) is 182 Å². The summed E-state index contributed by atoms with van der Waals surface area (Å²) >= 11 is -20.7. The van der Waals surface area contributed by atoms with E-state index in [1.54, 1.807) is 11.8 Å². The molecule has 0 radical (unpaired) electrons. The van der Waals surface area contributed by atoms with E-state index in [4.69, 9.17) is 0 Å². The average molecular weight is 1100 g/mol. The number of halogens is 12. The summed E-state index contributed by atoms with van der Waals surface area (Å²) in [5, 5.41) is 2.37. The first-order valence-electron chi connectivity index (χ1n) is 17.1. The number of carbonyl (C=O) groups excluding carboxylic acids is 1. The molecule has 0 spiro atoms. The summed E-state index contributed by atoms with van der Waals surface area (Å²) in [7, 11) is 0.280. The van der Waals surface area contributed by atoms with Gasteiger partial charge in [0.1, 0.15) is 11.5 Å². The van der Waals surface area contributed by atoms with Gasteiger partial charge in [-0.15, -0.1) is 0 Å². The fraction of sp³-hybridized carbons (Fsp3) is 0.125. The molecule has 0 N–H and O–H groups in total. The Kier molecular flexibility index (Phi) is 14.8. The molecule has 7 rings (SSSR count). The number of rotatable bonds is 8. The van der Waals surface area contributed by atoms with Gasteiger partial charge in [-0.2, -0.15) is 0 Å². The Morgan fingerprint density at radius 1 is 0.483 bits per heavy atom. The van der Waals surface area contributed by atoms with Crippen LogP contribution in [0.4, 0.5) is 33.8 Å². The van der Waals surface area contributed by atoms with E-state index in [1.165, 1.54) is 54.2 Å². The Morgan fingerprint density at radius 3 is 1.33 bits per heavy atom. The van der Waals surface area contributed by atoms with Crippen LogP contribution < -0.4 is 0 Å². The third kappa shape index (κ3) is 21.4. The SMILES string of the molecule is O=C(C[S+]1CCCC1)c1ccc2ccccc2c1.[F][Sb-]([F])([F])([F])([F])[F].[F][Sb-]([F])([F])([F])([F])[F].c1ccc(Sc2ccc([S+](c3ccccc3)c3ccccc3)cc2)cc1. The zero-order valence-electron chi connectivity index (χ0n) is 30.1. The van der Waals surface area contributed by atoms with E-state index >= 15 is 0 Å². The van der Waals surface area contributed by atoms with Gasteiger partial charge in [-0.25, -0.2) is 0 Å². The van der Waals surface area contributed by atoms with Crippen LogP contribution in [0, 0.1) is 0 Å². The van der Waals surface area contributed by atoms with E-state index in [0.29, 0.717) is 16.7 Å². The molecule has 0 amide bonds. The second-order valence-electron chi connectivity index (χ2n) is 12.6. The van der Waals surface area contributed by atoms with Gasteiger partial charge in [-0.05, 0) is 101 Å². The maximum Gasteiger partial charge on any atom is 0.166 e. The van der Waals surface area contributed by atoms with Crippen molar-refractivity contribution in [3.63, 3.8) is 0 Å². The molecule has 1 aliphatic heterocycles. The molecule has 1 saturated heterocycles. The predicted molar refractivity (Wildman–Crippen MR) is 216 cm³/mol. The van der Waals surface area contributed by atoms with Crippen LogP contribution in [-0.4, -0.2) is 62.0 Å². The van der Waals surface area contributed by atoms with Crippen LogP contribution in [-0.2, 0) is 21.8 Å². The zero-order chi connectivity index (χ0) is 42.8. The van der Waals surface area contributed by atoms with E-state index < -0.39 is 39.0 Å². The molecule has 58 heavy (non-hydrogen) atoms. The Balaban J connectivity index is 0.000000200. The van der Waals surface area contributed by atoms with Gasteiger partial charge in [0, 0.05) is 15.4 Å². The van der Waals surface area contributed by atoms with Crippen LogP contribution in [0.1, 0.15) is 23.2 Å². The van der Waals surface area contributed by atoms with Gasteiger partial charge in [-0.1, -0.05) is 103 Å². The van der Waals surface area contributed by atoms with Crippen molar-refractivity contribution in [2.24, 2.45) is 0 Å². The van der Waals surface area contributed by atoms with E-state index in [9.17, 15) is 38.6 Å². The van der Waals surface area contributed by atoms with E-state index in [1.807, 2.05) is 24.3 Å². The van der Waals surface area contributed by atoms with Crippen molar-refractivity contribution in [3.05, 3.63) is 163 Å². The van der Waals surface area contributed by atoms with Gasteiger partial charge in [0.15, 0.2) is 20.4 Å². The van der Waals surface area contributed by atoms with Crippen LogP contribution >= 0.6 is 11.8 Å². The fourth-order valence-electron chi connectivity index (χ4n) is 5.28. The minimum absolute atomic E-state index is 0.0786. The van der Waals surface area contributed by atoms with E-state index in [2.05, 4.69) is 133 Å². The summed E-state index contributed by atoms with van der Waals surface area (Å²) in [6.45, 7) is 0. The Hall–Kier alpha value is -2.90. The van der Waals surface area contributed by atoms with Crippen LogP contribution in [0.5, 0.6) is 0 Å². The molecule has 1 heterocycles. The van der Waals surface area contributed by atoms with Crippen LogP contribution in [0.3, 0.4) is 0 Å². The molecule has 6 aromatic carbocycles. The van der Waals surface area contributed by atoms with Gasteiger partial charge in [0.05, 0.1) is 10.9 Å². The molecule has 0 atom stereocenters. The number of hydrogen-bond donors (Lipinski definition) is 0. The topological polar surface area (TPSA) is 17.1 Å². The number of fused-ring (bicyclic) bond motifs is 1. The number of ketones is 1. The number of hydrogen-bond acceptors (Lipinski definition) is 2. The van der Waals surface area contributed by atoms with Crippen molar-refractivity contribution in [1.29, 1.82) is 0 Å². The number of benzene rings is 6. The molecule has 1 nitrogen and oxygen atoms in total. The monoisotopic (exact) mass is 1100 g/mol. The van der Waals surface area contributed by atoms with Gasteiger partial charge >= 0.3 is 72.7 Å². The molecule has 0 bridgehead atoms. The van der Waals surface area contributed by atoms with Gasteiger partial charge < -0.3 is 0 Å². The molecule has 0 aromatic heterocycles. The Bertz CT molecular complexity index is 2150. The smallest absolute Gasteiger partial charge is 0.0901 e. The second kappa shape index (κ2) is 18.0. The average Bonchev–Trinajstić information content (AvgIpc) is 3.64. The van der Waals surface area contributed by atoms with Crippen molar-refractivity contribution in [3.8, 4) is 0 Å². The summed E-state index contributed by atoms with van der Waals surface area (Å²) in [5.41, 5.74) is 0.883. The summed E-state index contributed by atoms with van der Waals surface area (Å²) in [4.78, 5) is 18.8. The Labute approximate surface area is 342 Å². The molecule has 0 unspecified atom stereocenters. The first-order chi connectivity index (χ1) is 26.6. The van der Waals surface area contributed by atoms with Crippen LogP contribution in [0.25, 0.3) is 10.8 Å². The third-order valence-corrected chi connectivity index (χ3v) is 13.2.